The minimum atomic E-state index is -0.0571. The number of aryl methyl sites for hydroxylation is 5. The molecule has 2 N–H and O–H groups in total. The Morgan fingerprint density at radius 3 is 1.81 bits per heavy atom. The second kappa shape index (κ2) is 23.8. The number of benzene rings is 4. The summed E-state index contributed by atoms with van der Waals surface area (Å²) in [6.07, 6.45) is 16.7. The van der Waals surface area contributed by atoms with Crippen molar-refractivity contribution in [3.8, 4) is 11.5 Å². The number of phenols is 2. The minimum absolute atomic E-state index is 0. The molecule has 6 heteroatoms. The fourth-order valence-electron chi connectivity index (χ4n) is 6.56. The standard InChI is InChI=1S/C28H40N2.C18H25NO2.Ni/c1-6-11-12-13-14-28(30-27-18-16-23(8-3)25(10-5)20-27)21-29-26-17-15-22(7-2)24(9-4)19-26;1-4-6-7-8-13-11-14(19(3)5-2)12-16-15(13)9-10-17(20)18(16)21;/h15-21H,6-14H2,1-5H3;9-12,20-21H,4-8H2,1-3H3;. The Hall–Kier alpha value is -3.63. The third-order valence-corrected chi connectivity index (χ3v) is 9.95. The van der Waals surface area contributed by atoms with Gasteiger partial charge in [-0.25, -0.2) is 0 Å². The summed E-state index contributed by atoms with van der Waals surface area (Å²) in [4.78, 5) is 12.0. The fourth-order valence-corrected chi connectivity index (χ4v) is 6.56. The van der Waals surface area contributed by atoms with Gasteiger partial charge in [0.25, 0.3) is 0 Å². The molecule has 52 heavy (non-hydrogen) atoms. The Kier molecular flexibility index (Phi) is 20.4. The van der Waals surface area contributed by atoms with Crippen molar-refractivity contribution in [2.75, 3.05) is 18.5 Å². The van der Waals surface area contributed by atoms with Crippen LogP contribution in [0.4, 0.5) is 17.1 Å². The first kappa shape index (κ1) is 44.5. The van der Waals surface area contributed by atoms with Crippen LogP contribution in [0.15, 0.2) is 70.6 Å². The number of aromatic hydroxyl groups is 2. The Labute approximate surface area is 325 Å². The van der Waals surface area contributed by atoms with Gasteiger partial charge in [0.15, 0.2) is 11.5 Å². The van der Waals surface area contributed by atoms with E-state index >= 15 is 0 Å². The second-order valence-electron chi connectivity index (χ2n) is 13.6. The molecule has 0 aliphatic heterocycles. The van der Waals surface area contributed by atoms with Gasteiger partial charge in [-0.2, -0.15) is 0 Å². The minimum Gasteiger partial charge on any atom is -0.504 e. The number of hydrogen-bond donors (Lipinski definition) is 2. The molecule has 0 amide bonds. The molecule has 0 heterocycles. The summed E-state index contributed by atoms with van der Waals surface area (Å²) >= 11 is 0. The molecule has 0 bridgehead atoms. The Morgan fingerprint density at radius 2 is 1.21 bits per heavy atom. The van der Waals surface area contributed by atoms with Gasteiger partial charge in [-0.1, -0.05) is 91.8 Å². The van der Waals surface area contributed by atoms with Crippen LogP contribution >= 0.6 is 0 Å². The van der Waals surface area contributed by atoms with Crippen LogP contribution in [0.25, 0.3) is 10.8 Å². The van der Waals surface area contributed by atoms with Crippen LogP contribution in [0.2, 0.25) is 0 Å². The number of nitrogens with zero attached hydrogens (tertiary/aromatic N) is 3. The third-order valence-electron chi connectivity index (χ3n) is 9.95. The van der Waals surface area contributed by atoms with Gasteiger partial charge in [0, 0.05) is 47.4 Å². The van der Waals surface area contributed by atoms with Gasteiger partial charge >= 0.3 is 0 Å². The molecule has 0 spiro atoms. The van der Waals surface area contributed by atoms with E-state index in [1.165, 1.54) is 66.3 Å². The maximum atomic E-state index is 10.2. The van der Waals surface area contributed by atoms with E-state index in [1.54, 1.807) is 6.07 Å². The topological polar surface area (TPSA) is 68.4 Å². The maximum Gasteiger partial charge on any atom is 0.165 e. The number of fused-ring (bicyclic) bond motifs is 1. The smallest absolute Gasteiger partial charge is 0.165 e. The van der Waals surface area contributed by atoms with E-state index in [9.17, 15) is 10.2 Å². The molecule has 0 fully saturated rings. The zero-order chi connectivity index (χ0) is 37.2. The van der Waals surface area contributed by atoms with Gasteiger partial charge in [-0.15, -0.1) is 0 Å². The van der Waals surface area contributed by atoms with Crippen molar-refractivity contribution in [1.29, 1.82) is 0 Å². The summed E-state index contributed by atoms with van der Waals surface area (Å²) in [5.41, 5.74) is 11.1. The Morgan fingerprint density at radius 1 is 0.615 bits per heavy atom. The van der Waals surface area contributed by atoms with Gasteiger partial charge in [0.2, 0.25) is 0 Å². The number of phenolic OH excluding ortho intramolecular Hbond substituents is 2. The Bertz CT molecular complexity index is 1730. The van der Waals surface area contributed by atoms with Crippen molar-refractivity contribution < 1.29 is 26.7 Å². The molecule has 0 radical (unpaired) electrons. The van der Waals surface area contributed by atoms with Gasteiger partial charge in [-0.05, 0) is 134 Å². The fraction of sp³-hybridized carbons (Fsp3) is 0.478. The van der Waals surface area contributed by atoms with Crippen LogP contribution in [0.3, 0.4) is 0 Å². The third kappa shape index (κ3) is 13.1. The number of unbranched alkanes of at least 4 members (excludes halogenated alkanes) is 5. The first-order valence-electron chi connectivity index (χ1n) is 19.8. The number of anilines is 1. The number of aliphatic imine (C=N–C) groups is 2. The zero-order valence-corrected chi connectivity index (χ0v) is 34.3. The molecular weight excluding hydrogens is 685 g/mol. The van der Waals surface area contributed by atoms with Crippen molar-refractivity contribution in [2.45, 2.75) is 132 Å². The van der Waals surface area contributed by atoms with E-state index in [4.69, 9.17) is 9.98 Å². The molecule has 286 valence electrons. The van der Waals surface area contributed by atoms with Crippen LogP contribution in [0.5, 0.6) is 11.5 Å². The predicted octanol–water partition coefficient (Wildman–Crippen LogP) is 12.8. The van der Waals surface area contributed by atoms with Crippen LogP contribution in [-0.4, -0.2) is 35.7 Å². The molecule has 4 aromatic carbocycles. The summed E-state index contributed by atoms with van der Waals surface area (Å²) in [5.74, 6) is -0.0751. The van der Waals surface area contributed by atoms with Crippen LogP contribution in [0.1, 0.15) is 128 Å². The SMILES string of the molecule is CCCCCCC(C=Nc1ccc(CC)c(CC)c1)=Nc1ccc(CC)c(CC)c1.CCCCCc1cc(N(C)CC)cc2c(O)c(O)ccc12.[Ni]. The van der Waals surface area contributed by atoms with Gasteiger partial charge in [0.05, 0.1) is 17.1 Å². The van der Waals surface area contributed by atoms with E-state index in [-0.39, 0.29) is 28.0 Å². The summed E-state index contributed by atoms with van der Waals surface area (Å²) < 4.78 is 0. The average molecular weight is 751 g/mol. The molecule has 0 unspecified atom stereocenters. The first-order valence-corrected chi connectivity index (χ1v) is 19.8. The first-order chi connectivity index (χ1) is 24.7. The van der Waals surface area contributed by atoms with Gasteiger partial charge in [0.1, 0.15) is 0 Å². The maximum absolute atomic E-state index is 10.2. The molecule has 0 atom stereocenters. The van der Waals surface area contributed by atoms with E-state index in [0.717, 1.165) is 85.0 Å². The van der Waals surface area contributed by atoms with Gasteiger partial charge in [-0.3, -0.25) is 9.98 Å². The van der Waals surface area contributed by atoms with Crippen molar-refractivity contribution in [1.82, 2.24) is 0 Å². The van der Waals surface area contributed by atoms with E-state index < -0.39 is 0 Å². The quantitative estimate of drug-likeness (QED) is 0.0460. The van der Waals surface area contributed by atoms with Crippen LogP contribution < -0.4 is 4.90 Å². The van der Waals surface area contributed by atoms with Crippen molar-refractivity contribution >= 4 is 39.8 Å². The second-order valence-corrected chi connectivity index (χ2v) is 13.6. The van der Waals surface area contributed by atoms with Crippen molar-refractivity contribution in [3.63, 3.8) is 0 Å². The van der Waals surface area contributed by atoms with Crippen molar-refractivity contribution in [3.05, 3.63) is 88.5 Å². The molecule has 4 aromatic rings. The zero-order valence-electron chi connectivity index (χ0n) is 33.3. The number of rotatable bonds is 18. The summed E-state index contributed by atoms with van der Waals surface area (Å²) in [6, 6.07) is 20.9. The van der Waals surface area contributed by atoms with E-state index in [1.807, 2.05) is 25.4 Å². The van der Waals surface area contributed by atoms with Crippen LogP contribution in [-0.2, 0) is 48.6 Å². The molecule has 0 aliphatic carbocycles. The summed E-state index contributed by atoms with van der Waals surface area (Å²) in [6.45, 7) is 16.3. The van der Waals surface area contributed by atoms with Gasteiger partial charge < -0.3 is 15.1 Å². The molecule has 0 saturated carbocycles. The van der Waals surface area contributed by atoms with Crippen LogP contribution in [0, 0.1) is 0 Å². The molecule has 0 aliphatic rings. The molecule has 5 nitrogen and oxygen atoms in total. The predicted molar refractivity (Wildman–Crippen MR) is 224 cm³/mol. The molecular formula is C46H65N3NiO2. The molecule has 0 saturated heterocycles. The molecule has 0 aromatic heterocycles. The monoisotopic (exact) mass is 749 g/mol. The normalized spacial score (nSPS) is 11.4. The summed E-state index contributed by atoms with van der Waals surface area (Å²) in [7, 11) is 2.04. The van der Waals surface area contributed by atoms with Crippen molar-refractivity contribution in [2.24, 2.45) is 9.98 Å². The Balaban J connectivity index is 0.000000374. The number of hydrogen-bond acceptors (Lipinski definition) is 5. The van der Waals surface area contributed by atoms with E-state index in [2.05, 4.69) is 95.8 Å². The summed E-state index contributed by atoms with van der Waals surface area (Å²) in [5, 5.41) is 21.7. The van der Waals surface area contributed by atoms with E-state index in [0.29, 0.717) is 0 Å². The molecule has 4 rings (SSSR count). The average Bonchev–Trinajstić information content (AvgIpc) is 3.16. The largest absolute Gasteiger partial charge is 0.504 e.